The topological polar surface area (TPSA) is 90.9 Å². The molecule has 3 unspecified atom stereocenters. The largest absolute Gasteiger partial charge is 0.469 e. The maximum Gasteiger partial charge on any atom is 0.408 e. The van der Waals surface area contributed by atoms with Crippen LogP contribution in [0.5, 0.6) is 0 Å². The number of hydrogen-bond acceptors (Lipinski definition) is 6. The van der Waals surface area contributed by atoms with Gasteiger partial charge in [-0.3, -0.25) is 9.36 Å². The molecule has 1 N–H and O–H groups in total. The molecule has 186 valence electrons. The van der Waals surface area contributed by atoms with E-state index < -0.39 is 31.4 Å². The summed E-state index contributed by atoms with van der Waals surface area (Å²) >= 11 is 0. The van der Waals surface area contributed by atoms with Crippen LogP contribution in [0.25, 0.3) is 0 Å². The summed E-state index contributed by atoms with van der Waals surface area (Å²) < 4.78 is 29.2. The summed E-state index contributed by atoms with van der Waals surface area (Å²) in [7, 11) is -1.24. The van der Waals surface area contributed by atoms with Crippen molar-refractivity contribution in [3.05, 3.63) is 0 Å². The van der Waals surface area contributed by atoms with Crippen LogP contribution in [0.1, 0.15) is 97.8 Å². The monoisotopic (exact) mass is 473 g/mol. The summed E-state index contributed by atoms with van der Waals surface area (Å²) in [5, 5.41) is 2.79. The third kappa shape index (κ3) is 10.2. The Balaban J connectivity index is 1.94. The van der Waals surface area contributed by atoms with Crippen molar-refractivity contribution >= 4 is 20.1 Å². The molecule has 2 rings (SSSR count). The van der Waals surface area contributed by atoms with Crippen LogP contribution in [0.3, 0.4) is 0 Å². The van der Waals surface area contributed by atoms with Crippen LogP contribution in [0.4, 0.5) is 4.79 Å². The first-order chi connectivity index (χ1) is 15.2. The molecule has 7 nitrogen and oxygen atoms in total. The van der Waals surface area contributed by atoms with E-state index in [1.54, 1.807) is 20.8 Å². The summed E-state index contributed by atoms with van der Waals surface area (Å²) in [6.07, 6.45) is 12.3. The zero-order valence-electron chi connectivity index (χ0n) is 20.5. The molecule has 8 heteroatoms. The highest BCUT2D eigenvalue weighted by Crippen LogP contribution is 2.38. The van der Waals surface area contributed by atoms with Crippen molar-refractivity contribution in [1.82, 2.24) is 5.32 Å². The van der Waals surface area contributed by atoms with Crippen LogP contribution >= 0.6 is 8.03 Å². The highest BCUT2D eigenvalue weighted by Gasteiger charge is 2.29. The third-order valence-corrected chi connectivity index (χ3v) is 8.03. The van der Waals surface area contributed by atoms with Crippen molar-refractivity contribution in [2.24, 2.45) is 17.8 Å². The average Bonchev–Trinajstić information content (AvgIpc) is 3.25. The van der Waals surface area contributed by atoms with Crippen LogP contribution in [-0.2, 0) is 23.4 Å². The second kappa shape index (κ2) is 13.6. The van der Waals surface area contributed by atoms with Gasteiger partial charge in [-0.15, -0.1) is 0 Å². The van der Waals surface area contributed by atoms with E-state index in [1.807, 2.05) is 0 Å². The molecule has 2 fully saturated rings. The minimum atomic E-state index is -2.62. The molecule has 2 saturated carbocycles. The van der Waals surface area contributed by atoms with Gasteiger partial charge >= 0.3 is 12.1 Å². The van der Waals surface area contributed by atoms with Gasteiger partial charge in [0.05, 0.1) is 19.6 Å². The molecule has 0 aromatic rings. The second-order valence-electron chi connectivity index (χ2n) is 10.5. The predicted molar refractivity (Wildman–Crippen MR) is 126 cm³/mol. The van der Waals surface area contributed by atoms with Gasteiger partial charge in [0.15, 0.2) is 0 Å². The Morgan fingerprint density at radius 2 is 1.59 bits per heavy atom. The van der Waals surface area contributed by atoms with E-state index in [0.29, 0.717) is 24.7 Å². The Hall–Kier alpha value is -1.07. The normalized spacial score (nSPS) is 21.0. The van der Waals surface area contributed by atoms with Crippen LogP contribution in [-0.4, -0.2) is 37.2 Å². The van der Waals surface area contributed by atoms with Crippen molar-refractivity contribution in [2.45, 2.75) is 109 Å². The maximum atomic E-state index is 13.1. The van der Waals surface area contributed by atoms with Crippen molar-refractivity contribution in [1.29, 1.82) is 0 Å². The molecular weight excluding hydrogens is 429 g/mol. The Kier molecular flexibility index (Phi) is 11.5. The first-order valence-electron chi connectivity index (χ1n) is 12.4. The van der Waals surface area contributed by atoms with E-state index >= 15 is 0 Å². The van der Waals surface area contributed by atoms with E-state index in [1.165, 1.54) is 39.2 Å². The zero-order valence-corrected chi connectivity index (χ0v) is 21.5. The molecule has 0 radical (unpaired) electrons. The summed E-state index contributed by atoms with van der Waals surface area (Å²) in [5.41, 5.74) is -0.633. The molecule has 32 heavy (non-hydrogen) atoms. The summed E-state index contributed by atoms with van der Waals surface area (Å²) in [4.78, 5) is 24.6. The number of esters is 1. The second-order valence-corrected chi connectivity index (χ2v) is 12.1. The highest BCUT2D eigenvalue weighted by atomic mass is 31.1. The summed E-state index contributed by atoms with van der Waals surface area (Å²) in [5.74, 6) is -0.258. The van der Waals surface area contributed by atoms with Gasteiger partial charge in [-0.1, -0.05) is 57.8 Å². The summed E-state index contributed by atoms with van der Waals surface area (Å²) in [6.45, 7) is 5.46. The van der Waals surface area contributed by atoms with E-state index in [-0.39, 0.29) is 12.6 Å². The Labute approximate surface area is 194 Å². The SMILES string of the molecule is COC(=O)C(CCC1CCCC1)CO[PH](=O)C(CC1CCCCC1)NC(=O)OC(C)(C)C. The van der Waals surface area contributed by atoms with Crippen molar-refractivity contribution in [2.75, 3.05) is 13.7 Å². The molecule has 0 aromatic heterocycles. The smallest absolute Gasteiger partial charge is 0.408 e. The standard InChI is InChI=1S/C24H44NO6P/c1-24(2,3)31-23(27)25-21(16-19-12-6-5-7-13-19)32(28)30-17-20(22(26)29-4)15-14-18-10-8-9-11-18/h18-21,32H,5-17H2,1-4H3,(H,25,27). The minimum absolute atomic E-state index is 0.0638. The first kappa shape index (κ1) is 27.2. The van der Waals surface area contributed by atoms with Gasteiger partial charge in [-0.25, -0.2) is 4.79 Å². The fourth-order valence-electron chi connectivity index (χ4n) is 4.88. The van der Waals surface area contributed by atoms with Crippen LogP contribution in [0.2, 0.25) is 0 Å². The lowest BCUT2D eigenvalue weighted by molar-refractivity contribution is -0.146. The van der Waals surface area contributed by atoms with E-state index in [0.717, 1.165) is 32.1 Å². The van der Waals surface area contributed by atoms with Gasteiger partial charge in [0, 0.05) is 0 Å². The van der Waals surface area contributed by atoms with Gasteiger partial charge in [0.1, 0.15) is 11.4 Å². The molecule has 0 aliphatic heterocycles. The van der Waals surface area contributed by atoms with Crippen LogP contribution in [0, 0.1) is 17.8 Å². The highest BCUT2D eigenvalue weighted by molar-refractivity contribution is 7.40. The molecule has 1 amide bonds. The Morgan fingerprint density at radius 1 is 1.00 bits per heavy atom. The lowest BCUT2D eigenvalue weighted by Crippen LogP contribution is -2.39. The zero-order chi connectivity index (χ0) is 23.6. The summed E-state index contributed by atoms with van der Waals surface area (Å²) in [6, 6.07) is 0. The number of nitrogens with one attached hydrogen (secondary N) is 1. The van der Waals surface area contributed by atoms with Crippen LogP contribution in [0.15, 0.2) is 0 Å². The van der Waals surface area contributed by atoms with Gasteiger partial charge in [0.25, 0.3) is 0 Å². The minimum Gasteiger partial charge on any atom is -0.469 e. The van der Waals surface area contributed by atoms with Gasteiger partial charge in [0.2, 0.25) is 8.03 Å². The number of hydrogen-bond donors (Lipinski definition) is 1. The van der Waals surface area contributed by atoms with E-state index in [9.17, 15) is 14.2 Å². The van der Waals surface area contributed by atoms with Gasteiger partial charge < -0.3 is 19.3 Å². The number of ether oxygens (including phenoxy) is 2. The van der Waals surface area contributed by atoms with Crippen LogP contribution < -0.4 is 5.32 Å². The Morgan fingerprint density at radius 3 is 2.19 bits per heavy atom. The Bertz CT molecular complexity index is 608. The number of methoxy groups -OCH3 is 1. The molecule has 0 heterocycles. The van der Waals surface area contributed by atoms with Crippen molar-refractivity contribution < 1.29 is 28.2 Å². The maximum absolute atomic E-state index is 13.1. The van der Waals surface area contributed by atoms with Crippen molar-refractivity contribution in [3.63, 3.8) is 0 Å². The molecule has 2 aliphatic rings. The third-order valence-electron chi connectivity index (χ3n) is 6.63. The molecule has 3 atom stereocenters. The predicted octanol–water partition coefficient (Wildman–Crippen LogP) is 6.06. The lowest BCUT2D eigenvalue weighted by Gasteiger charge is -2.28. The number of carbonyl (C=O) groups is 2. The number of amides is 1. The number of carbonyl (C=O) groups excluding carboxylic acids is 2. The molecule has 0 aromatic carbocycles. The lowest BCUT2D eigenvalue weighted by atomic mass is 9.87. The fraction of sp³-hybridized carbons (Fsp3) is 0.917. The van der Waals surface area contributed by atoms with E-state index in [4.69, 9.17) is 14.0 Å². The van der Waals surface area contributed by atoms with Gasteiger partial charge in [-0.2, -0.15) is 0 Å². The van der Waals surface area contributed by atoms with Gasteiger partial charge in [-0.05, 0) is 51.9 Å². The molecule has 2 aliphatic carbocycles. The number of alkyl carbamates (subject to hydrolysis) is 1. The average molecular weight is 474 g/mol. The first-order valence-corrected chi connectivity index (χ1v) is 13.8. The molecular formula is C24H44NO6P. The quantitative estimate of drug-likeness (QED) is 0.290. The molecule has 0 spiro atoms. The van der Waals surface area contributed by atoms with Crippen molar-refractivity contribution in [3.8, 4) is 0 Å². The number of rotatable bonds is 11. The van der Waals surface area contributed by atoms with E-state index in [2.05, 4.69) is 5.32 Å². The fourth-order valence-corrected chi connectivity index (χ4v) is 6.20. The molecule has 0 saturated heterocycles. The molecule has 0 bridgehead atoms.